The highest BCUT2D eigenvalue weighted by Crippen LogP contribution is 2.22. The predicted molar refractivity (Wildman–Crippen MR) is 43.4 cm³/mol. The second-order valence-corrected chi connectivity index (χ2v) is 3.45. The van der Waals surface area contributed by atoms with Crippen molar-refractivity contribution in [3.8, 4) is 0 Å². The zero-order chi connectivity index (χ0) is 7.56. The van der Waals surface area contributed by atoms with Crippen LogP contribution in [0.1, 0.15) is 9.67 Å². The molecule has 0 fully saturated rings. The quantitative estimate of drug-likeness (QED) is 0.771. The first-order chi connectivity index (χ1) is 4.75. The van der Waals surface area contributed by atoms with E-state index in [1.807, 2.05) is 0 Å². The summed E-state index contributed by atoms with van der Waals surface area (Å²) in [5.41, 5.74) is 0. The molecule has 1 aromatic heterocycles. The number of carbonyl (C=O) groups excluding carboxylic acids is 1. The molecule has 1 rings (SSSR count). The summed E-state index contributed by atoms with van der Waals surface area (Å²) in [6, 6.07) is 1.79. The van der Waals surface area contributed by atoms with Gasteiger partial charge in [-0.3, -0.25) is 4.79 Å². The molecule has 1 N–H and O–H groups in total. The maximum absolute atomic E-state index is 10.8. The van der Waals surface area contributed by atoms with E-state index in [2.05, 4.69) is 15.9 Å². The molecule has 0 aliphatic carbocycles. The van der Waals surface area contributed by atoms with Crippen molar-refractivity contribution in [2.24, 2.45) is 0 Å². The molecule has 0 spiro atoms. The van der Waals surface area contributed by atoms with Gasteiger partial charge in [-0.15, -0.1) is 11.3 Å². The summed E-state index contributed by atoms with van der Waals surface area (Å²) in [4.78, 5) is 11.4. The molecule has 0 aliphatic rings. The van der Waals surface area contributed by atoms with Gasteiger partial charge < -0.3 is 5.11 Å². The lowest BCUT2D eigenvalue weighted by atomic mass is 10.3. The Morgan fingerprint density at radius 1 is 1.80 bits per heavy atom. The SMILES string of the molecule is O=C(CO)c1sccc1Br. The molecule has 1 aromatic rings. The fraction of sp³-hybridized carbons (Fsp3) is 0.167. The maximum atomic E-state index is 10.8. The third-order valence-corrected chi connectivity index (χ3v) is 2.89. The second-order valence-electron chi connectivity index (χ2n) is 1.68. The molecule has 0 radical (unpaired) electrons. The number of rotatable bonds is 2. The number of hydrogen-bond donors (Lipinski definition) is 1. The molecular weight excluding hydrogens is 216 g/mol. The van der Waals surface area contributed by atoms with E-state index in [-0.39, 0.29) is 5.78 Å². The van der Waals surface area contributed by atoms with Gasteiger partial charge in [0.2, 0.25) is 0 Å². The van der Waals surface area contributed by atoms with Crippen LogP contribution < -0.4 is 0 Å². The van der Waals surface area contributed by atoms with E-state index in [0.29, 0.717) is 4.88 Å². The molecule has 0 saturated carbocycles. The first-order valence-electron chi connectivity index (χ1n) is 2.62. The minimum atomic E-state index is -0.418. The third kappa shape index (κ3) is 1.45. The number of Topliss-reactive ketones (excluding diaryl/α,β-unsaturated/α-hetero) is 1. The Balaban J connectivity index is 2.93. The molecule has 0 atom stereocenters. The predicted octanol–water partition coefficient (Wildman–Crippen LogP) is 1.69. The van der Waals surface area contributed by atoms with Gasteiger partial charge in [-0.05, 0) is 27.4 Å². The molecule has 1 heterocycles. The van der Waals surface area contributed by atoms with Crippen LogP contribution in [0.2, 0.25) is 0 Å². The smallest absolute Gasteiger partial charge is 0.199 e. The van der Waals surface area contributed by atoms with Gasteiger partial charge in [-0.2, -0.15) is 0 Å². The second kappa shape index (κ2) is 3.27. The number of carbonyl (C=O) groups is 1. The molecule has 0 bridgehead atoms. The van der Waals surface area contributed by atoms with Gasteiger partial charge in [0.15, 0.2) is 5.78 Å². The van der Waals surface area contributed by atoms with Crippen LogP contribution in [-0.2, 0) is 0 Å². The van der Waals surface area contributed by atoms with Crippen molar-refractivity contribution in [2.75, 3.05) is 6.61 Å². The Kier molecular flexibility index (Phi) is 2.59. The van der Waals surface area contributed by atoms with Gasteiger partial charge in [0.05, 0.1) is 4.88 Å². The van der Waals surface area contributed by atoms with Crippen molar-refractivity contribution in [3.63, 3.8) is 0 Å². The van der Waals surface area contributed by atoms with Gasteiger partial charge in [-0.1, -0.05) is 0 Å². The molecule has 0 saturated heterocycles. The fourth-order valence-corrected chi connectivity index (χ4v) is 2.09. The van der Waals surface area contributed by atoms with E-state index in [4.69, 9.17) is 5.11 Å². The number of halogens is 1. The van der Waals surface area contributed by atoms with Crippen molar-refractivity contribution >= 4 is 33.0 Å². The van der Waals surface area contributed by atoms with Crippen molar-refractivity contribution in [2.45, 2.75) is 0 Å². The Morgan fingerprint density at radius 2 is 2.50 bits per heavy atom. The Bertz CT molecular complexity index is 244. The molecule has 2 nitrogen and oxygen atoms in total. The summed E-state index contributed by atoms with van der Waals surface area (Å²) >= 11 is 4.51. The van der Waals surface area contributed by atoms with E-state index < -0.39 is 6.61 Å². The van der Waals surface area contributed by atoms with Crippen molar-refractivity contribution < 1.29 is 9.90 Å². The summed E-state index contributed by atoms with van der Waals surface area (Å²) in [7, 11) is 0. The summed E-state index contributed by atoms with van der Waals surface area (Å²) < 4.78 is 0.761. The first kappa shape index (κ1) is 7.91. The number of hydrogen-bond acceptors (Lipinski definition) is 3. The van der Waals surface area contributed by atoms with E-state index in [1.54, 1.807) is 11.4 Å². The van der Waals surface area contributed by atoms with Gasteiger partial charge >= 0.3 is 0 Å². The normalized spacial score (nSPS) is 9.80. The van der Waals surface area contributed by atoms with Crippen molar-refractivity contribution in [3.05, 3.63) is 20.8 Å². The van der Waals surface area contributed by atoms with Crippen LogP contribution in [0, 0.1) is 0 Å². The van der Waals surface area contributed by atoms with Gasteiger partial charge in [0.1, 0.15) is 6.61 Å². The van der Waals surface area contributed by atoms with E-state index in [1.165, 1.54) is 11.3 Å². The minimum Gasteiger partial charge on any atom is -0.388 e. The van der Waals surface area contributed by atoms with Gasteiger partial charge in [0, 0.05) is 4.47 Å². The molecule has 54 valence electrons. The summed E-state index contributed by atoms with van der Waals surface area (Å²) in [5.74, 6) is -0.234. The molecule has 10 heavy (non-hydrogen) atoms. The van der Waals surface area contributed by atoms with Crippen LogP contribution in [0.3, 0.4) is 0 Å². The van der Waals surface area contributed by atoms with Crippen LogP contribution in [-0.4, -0.2) is 17.5 Å². The lowest BCUT2D eigenvalue weighted by molar-refractivity contribution is 0.0907. The Morgan fingerprint density at radius 3 is 2.90 bits per heavy atom. The lowest BCUT2D eigenvalue weighted by Gasteiger charge is -1.90. The maximum Gasteiger partial charge on any atom is 0.199 e. The third-order valence-electron chi connectivity index (χ3n) is 1.01. The average Bonchev–Trinajstić information content (AvgIpc) is 2.34. The lowest BCUT2D eigenvalue weighted by Crippen LogP contribution is -2.01. The van der Waals surface area contributed by atoms with Crippen LogP contribution in [0.15, 0.2) is 15.9 Å². The molecule has 4 heteroatoms. The Hall–Kier alpha value is -0.190. The summed E-state index contributed by atoms with van der Waals surface area (Å²) in [5, 5.41) is 10.3. The topological polar surface area (TPSA) is 37.3 Å². The van der Waals surface area contributed by atoms with E-state index in [0.717, 1.165) is 4.47 Å². The highest BCUT2D eigenvalue weighted by Gasteiger charge is 2.08. The largest absolute Gasteiger partial charge is 0.388 e. The highest BCUT2D eigenvalue weighted by molar-refractivity contribution is 9.10. The molecular formula is C6H5BrO2S. The molecule has 0 unspecified atom stereocenters. The molecule has 0 aromatic carbocycles. The van der Waals surface area contributed by atoms with E-state index >= 15 is 0 Å². The van der Waals surface area contributed by atoms with Crippen molar-refractivity contribution in [1.82, 2.24) is 0 Å². The standard InChI is InChI=1S/C6H5BrO2S/c7-4-1-2-10-6(4)5(9)3-8/h1-2,8H,3H2. The van der Waals surface area contributed by atoms with Gasteiger partial charge in [-0.25, -0.2) is 0 Å². The number of aliphatic hydroxyl groups excluding tert-OH is 1. The van der Waals surface area contributed by atoms with Gasteiger partial charge in [0.25, 0.3) is 0 Å². The fourth-order valence-electron chi connectivity index (χ4n) is 0.564. The van der Waals surface area contributed by atoms with Crippen molar-refractivity contribution in [1.29, 1.82) is 0 Å². The zero-order valence-electron chi connectivity index (χ0n) is 5.00. The number of thiophene rings is 1. The number of aliphatic hydroxyl groups is 1. The van der Waals surface area contributed by atoms with E-state index in [9.17, 15) is 4.79 Å². The molecule has 0 aliphatic heterocycles. The highest BCUT2D eigenvalue weighted by atomic mass is 79.9. The summed E-state index contributed by atoms with van der Waals surface area (Å²) in [6.07, 6.45) is 0. The van der Waals surface area contributed by atoms with Crippen LogP contribution in [0.25, 0.3) is 0 Å². The van der Waals surface area contributed by atoms with Crippen LogP contribution >= 0.6 is 27.3 Å². The average molecular weight is 221 g/mol. The van der Waals surface area contributed by atoms with Crippen LogP contribution in [0.4, 0.5) is 0 Å². The van der Waals surface area contributed by atoms with Crippen LogP contribution in [0.5, 0.6) is 0 Å². The monoisotopic (exact) mass is 220 g/mol. The minimum absolute atomic E-state index is 0.234. The zero-order valence-corrected chi connectivity index (χ0v) is 7.41. The Labute approximate surface area is 70.6 Å². The number of ketones is 1. The first-order valence-corrected chi connectivity index (χ1v) is 4.30. The molecule has 0 amide bonds. The summed E-state index contributed by atoms with van der Waals surface area (Å²) in [6.45, 7) is -0.418.